The van der Waals surface area contributed by atoms with E-state index in [0.717, 1.165) is 30.0 Å². The van der Waals surface area contributed by atoms with Gasteiger partial charge >= 0.3 is 0 Å². The van der Waals surface area contributed by atoms with Gasteiger partial charge in [-0.3, -0.25) is 4.79 Å². The molecule has 1 aromatic rings. The number of amides is 1. The lowest BCUT2D eigenvalue weighted by atomic mass is 10.0. The SMILES string of the molecule is CCC(Oc1cccc2c1CCC(=O)N2)N(CC(C)C)C(O)C(C)C.Cl. The third kappa shape index (κ3) is 5.60. The molecule has 1 amide bonds. The fourth-order valence-corrected chi connectivity index (χ4v) is 3.23. The number of benzene rings is 1. The number of anilines is 1. The maximum Gasteiger partial charge on any atom is 0.224 e. The summed E-state index contributed by atoms with van der Waals surface area (Å²) in [7, 11) is 0. The van der Waals surface area contributed by atoms with Gasteiger partial charge in [-0.1, -0.05) is 40.7 Å². The average molecular weight is 385 g/mol. The maximum absolute atomic E-state index is 11.6. The number of ether oxygens (including phenoxy) is 1. The highest BCUT2D eigenvalue weighted by atomic mass is 35.5. The highest BCUT2D eigenvalue weighted by molar-refractivity contribution is 5.94. The van der Waals surface area contributed by atoms with E-state index in [-0.39, 0.29) is 30.5 Å². The van der Waals surface area contributed by atoms with Crippen LogP contribution in [0.1, 0.15) is 53.0 Å². The number of carbonyl (C=O) groups is 1. The molecule has 0 fully saturated rings. The van der Waals surface area contributed by atoms with Gasteiger partial charge in [-0.15, -0.1) is 12.4 Å². The maximum atomic E-state index is 11.6. The Kier molecular flexibility index (Phi) is 8.87. The Morgan fingerprint density at radius 2 is 1.92 bits per heavy atom. The van der Waals surface area contributed by atoms with Crippen molar-refractivity contribution in [3.63, 3.8) is 0 Å². The Bertz CT molecular complexity index is 592. The summed E-state index contributed by atoms with van der Waals surface area (Å²) < 4.78 is 6.35. The Morgan fingerprint density at radius 1 is 1.23 bits per heavy atom. The molecule has 0 aliphatic carbocycles. The number of aliphatic hydroxyl groups excluding tert-OH is 1. The number of fused-ring (bicyclic) bond motifs is 1. The number of rotatable bonds is 8. The standard InChI is InChI=1S/C20H32N2O3.ClH/c1-6-19(22(12-13(2)3)20(24)14(4)5)25-17-9-7-8-16-15(17)10-11-18(23)21-16;/h7-9,13-14,19-20,24H,6,10-12H2,1-5H3,(H,21,23);1H. The van der Waals surface area contributed by atoms with Crippen LogP contribution in [0, 0.1) is 11.8 Å². The summed E-state index contributed by atoms with van der Waals surface area (Å²) in [6.45, 7) is 11.2. The molecule has 148 valence electrons. The van der Waals surface area contributed by atoms with Crippen molar-refractivity contribution >= 4 is 24.0 Å². The number of halogens is 1. The quantitative estimate of drug-likeness (QED) is 0.664. The lowest BCUT2D eigenvalue weighted by Crippen LogP contribution is -2.50. The molecule has 0 spiro atoms. The number of hydrogen-bond acceptors (Lipinski definition) is 4. The number of nitrogens with zero attached hydrogens (tertiary/aromatic N) is 1. The number of hydrogen-bond donors (Lipinski definition) is 2. The van der Waals surface area contributed by atoms with Crippen molar-refractivity contribution < 1.29 is 14.6 Å². The van der Waals surface area contributed by atoms with Crippen molar-refractivity contribution in [3.05, 3.63) is 23.8 Å². The minimum atomic E-state index is -0.549. The van der Waals surface area contributed by atoms with Gasteiger partial charge in [0.1, 0.15) is 12.0 Å². The van der Waals surface area contributed by atoms with Crippen molar-refractivity contribution in [3.8, 4) is 5.75 Å². The molecule has 5 nitrogen and oxygen atoms in total. The first kappa shape index (κ1) is 22.7. The van der Waals surface area contributed by atoms with Crippen LogP contribution in [0.3, 0.4) is 0 Å². The van der Waals surface area contributed by atoms with E-state index < -0.39 is 6.23 Å². The molecule has 2 atom stereocenters. The molecule has 1 aliphatic rings. The smallest absolute Gasteiger partial charge is 0.224 e. The molecule has 2 unspecified atom stereocenters. The Balaban J connectivity index is 0.00000338. The predicted octanol–water partition coefficient (Wildman–Crippen LogP) is 4.04. The highest BCUT2D eigenvalue weighted by Gasteiger charge is 2.29. The lowest BCUT2D eigenvalue weighted by Gasteiger charge is -2.38. The van der Waals surface area contributed by atoms with Crippen molar-refractivity contribution in [1.29, 1.82) is 0 Å². The molecule has 0 saturated heterocycles. The van der Waals surface area contributed by atoms with Crippen LogP contribution >= 0.6 is 12.4 Å². The third-order valence-electron chi connectivity index (χ3n) is 4.50. The minimum Gasteiger partial charge on any atom is -0.475 e. The second-order valence-corrected chi connectivity index (χ2v) is 7.56. The monoisotopic (exact) mass is 384 g/mol. The zero-order valence-electron chi connectivity index (χ0n) is 16.5. The molecular weight excluding hydrogens is 352 g/mol. The molecule has 1 heterocycles. The van der Waals surface area contributed by atoms with E-state index in [2.05, 4.69) is 31.0 Å². The Labute approximate surface area is 163 Å². The van der Waals surface area contributed by atoms with Crippen LogP contribution in [0.5, 0.6) is 5.75 Å². The van der Waals surface area contributed by atoms with Crippen molar-refractivity contribution in [2.24, 2.45) is 11.8 Å². The van der Waals surface area contributed by atoms with E-state index in [1.807, 2.05) is 32.0 Å². The summed E-state index contributed by atoms with van der Waals surface area (Å²) in [4.78, 5) is 13.7. The first-order valence-electron chi connectivity index (χ1n) is 9.35. The normalized spacial score (nSPS) is 16.1. The molecule has 1 aromatic carbocycles. The van der Waals surface area contributed by atoms with Crippen molar-refractivity contribution in [1.82, 2.24) is 4.90 Å². The van der Waals surface area contributed by atoms with Gasteiger partial charge in [0.15, 0.2) is 6.23 Å². The molecule has 0 saturated carbocycles. The number of carbonyl (C=O) groups excluding carboxylic acids is 1. The lowest BCUT2D eigenvalue weighted by molar-refractivity contribution is -0.116. The summed E-state index contributed by atoms with van der Waals surface area (Å²) in [5.41, 5.74) is 1.88. The molecule has 0 bridgehead atoms. The van der Waals surface area contributed by atoms with Crippen LogP contribution < -0.4 is 10.1 Å². The van der Waals surface area contributed by atoms with Gasteiger partial charge < -0.3 is 15.2 Å². The largest absolute Gasteiger partial charge is 0.475 e. The molecule has 6 heteroatoms. The van der Waals surface area contributed by atoms with Crippen LogP contribution in [-0.2, 0) is 11.2 Å². The van der Waals surface area contributed by atoms with E-state index >= 15 is 0 Å². The van der Waals surface area contributed by atoms with Crippen LogP contribution in [0.15, 0.2) is 18.2 Å². The van der Waals surface area contributed by atoms with Crippen LogP contribution in [0.4, 0.5) is 5.69 Å². The number of aliphatic hydroxyl groups is 1. The molecule has 2 rings (SSSR count). The van der Waals surface area contributed by atoms with Gasteiger partial charge in [0.2, 0.25) is 5.91 Å². The first-order valence-corrected chi connectivity index (χ1v) is 9.35. The van der Waals surface area contributed by atoms with E-state index in [4.69, 9.17) is 4.74 Å². The molecule has 0 aromatic heterocycles. The second-order valence-electron chi connectivity index (χ2n) is 7.56. The summed E-state index contributed by atoms with van der Waals surface area (Å²) in [6, 6.07) is 5.77. The average Bonchev–Trinajstić information content (AvgIpc) is 2.56. The number of nitrogens with one attached hydrogen (secondary N) is 1. The minimum absolute atomic E-state index is 0. The van der Waals surface area contributed by atoms with E-state index in [0.29, 0.717) is 18.8 Å². The molecule has 0 radical (unpaired) electrons. The fraction of sp³-hybridized carbons (Fsp3) is 0.650. The van der Waals surface area contributed by atoms with Gasteiger partial charge in [-0.05, 0) is 36.8 Å². The Morgan fingerprint density at radius 3 is 2.50 bits per heavy atom. The van der Waals surface area contributed by atoms with Gasteiger partial charge in [0, 0.05) is 24.2 Å². The van der Waals surface area contributed by atoms with Crippen LogP contribution in [0.25, 0.3) is 0 Å². The summed E-state index contributed by atoms with van der Waals surface area (Å²) in [5, 5.41) is 13.6. The van der Waals surface area contributed by atoms with Crippen molar-refractivity contribution in [2.45, 2.75) is 66.3 Å². The van der Waals surface area contributed by atoms with Gasteiger partial charge in [0.25, 0.3) is 0 Å². The first-order chi connectivity index (χ1) is 11.8. The van der Waals surface area contributed by atoms with Gasteiger partial charge in [0.05, 0.1) is 0 Å². The van der Waals surface area contributed by atoms with E-state index in [1.165, 1.54) is 0 Å². The molecule has 26 heavy (non-hydrogen) atoms. The van der Waals surface area contributed by atoms with Crippen LogP contribution in [-0.4, -0.2) is 34.9 Å². The Hall–Kier alpha value is -1.30. The van der Waals surface area contributed by atoms with Crippen molar-refractivity contribution in [2.75, 3.05) is 11.9 Å². The zero-order chi connectivity index (χ0) is 18.6. The summed E-state index contributed by atoms with van der Waals surface area (Å²) in [6.07, 6.45) is 1.18. The van der Waals surface area contributed by atoms with E-state index in [9.17, 15) is 9.90 Å². The fourth-order valence-electron chi connectivity index (χ4n) is 3.23. The summed E-state index contributed by atoms with van der Waals surface area (Å²) >= 11 is 0. The molecule has 1 aliphatic heterocycles. The third-order valence-corrected chi connectivity index (χ3v) is 4.50. The second kappa shape index (κ2) is 10.1. The van der Waals surface area contributed by atoms with E-state index in [1.54, 1.807) is 0 Å². The topological polar surface area (TPSA) is 61.8 Å². The van der Waals surface area contributed by atoms with Gasteiger partial charge in [-0.25, -0.2) is 4.90 Å². The van der Waals surface area contributed by atoms with Crippen LogP contribution in [0.2, 0.25) is 0 Å². The summed E-state index contributed by atoms with van der Waals surface area (Å²) in [5.74, 6) is 1.40. The van der Waals surface area contributed by atoms with Gasteiger partial charge in [-0.2, -0.15) is 0 Å². The molecule has 2 N–H and O–H groups in total. The zero-order valence-corrected chi connectivity index (χ0v) is 17.3. The molecular formula is C20H33ClN2O3. The highest BCUT2D eigenvalue weighted by Crippen LogP contribution is 2.32. The predicted molar refractivity (Wildman–Crippen MR) is 108 cm³/mol.